The van der Waals surface area contributed by atoms with Crippen LogP contribution in [0.25, 0.3) is 0 Å². The van der Waals surface area contributed by atoms with Gasteiger partial charge < -0.3 is 23.5 Å². The lowest BCUT2D eigenvalue weighted by atomic mass is 10.1. The Balaban J connectivity index is 2.10. The number of hydrogen-bond donors (Lipinski definition) is 0. The van der Waals surface area contributed by atoms with Crippen molar-refractivity contribution in [1.82, 2.24) is 4.57 Å². The Bertz CT molecular complexity index is 886. The average molecular weight is 418 g/mol. The lowest BCUT2D eigenvalue weighted by Gasteiger charge is -2.17. The zero-order valence-electron chi connectivity index (χ0n) is 18.6. The van der Waals surface area contributed by atoms with Crippen molar-refractivity contribution >= 4 is 11.8 Å². The molecule has 1 atom stereocenters. The van der Waals surface area contributed by atoms with Crippen molar-refractivity contribution in [1.29, 1.82) is 0 Å². The first kappa shape index (κ1) is 23.5. The molecule has 0 bridgehead atoms. The van der Waals surface area contributed by atoms with E-state index in [2.05, 4.69) is 4.57 Å². The Hall–Kier alpha value is -2.80. The van der Waals surface area contributed by atoms with Crippen molar-refractivity contribution < 1.29 is 28.5 Å². The molecule has 0 unspecified atom stereocenters. The number of carbonyl (C=O) groups is 2. The number of hydrogen-bond acceptors (Lipinski definition) is 6. The first-order chi connectivity index (χ1) is 14.3. The largest absolute Gasteiger partial charge is 0.490 e. The summed E-state index contributed by atoms with van der Waals surface area (Å²) >= 11 is 0. The zero-order chi connectivity index (χ0) is 22.3. The molecule has 2 aromatic rings. The van der Waals surface area contributed by atoms with Gasteiger partial charge in [-0.05, 0) is 58.9 Å². The minimum absolute atomic E-state index is 0.0972. The Morgan fingerprint density at radius 2 is 1.70 bits per heavy atom. The molecule has 2 rings (SSSR count). The van der Waals surface area contributed by atoms with E-state index in [1.165, 1.54) is 0 Å². The third-order valence-corrected chi connectivity index (χ3v) is 4.75. The topological polar surface area (TPSA) is 76.0 Å². The number of Topliss-reactive ketones (excluding diaryl/α,β-unsaturated/α-hetero) is 1. The van der Waals surface area contributed by atoms with Crippen LogP contribution in [0.5, 0.6) is 11.5 Å². The Morgan fingerprint density at radius 1 is 1.03 bits per heavy atom. The molecule has 7 heteroatoms. The maximum absolute atomic E-state index is 12.7. The summed E-state index contributed by atoms with van der Waals surface area (Å²) in [5, 5.41) is 0. The first-order valence-corrected chi connectivity index (χ1v) is 10.1. The fourth-order valence-corrected chi connectivity index (χ4v) is 3.52. The molecule has 0 amide bonds. The smallest absolute Gasteiger partial charge is 0.338 e. The van der Waals surface area contributed by atoms with Crippen molar-refractivity contribution in [3.63, 3.8) is 0 Å². The number of ether oxygens (including phenoxy) is 4. The van der Waals surface area contributed by atoms with Crippen LogP contribution in [0.15, 0.2) is 24.3 Å². The van der Waals surface area contributed by atoms with Crippen LogP contribution in [-0.4, -0.2) is 49.9 Å². The Morgan fingerprint density at radius 3 is 2.33 bits per heavy atom. The molecule has 0 spiro atoms. The van der Waals surface area contributed by atoms with Crippen LogP contribution >= 0.6 is 0 Å². The molecule has 0 N–H and O–H groups in total. The van der Waals surface area contributed by atoms with Gasteiger partial charge in [-0.3, -0.25) is 4.79 Å². The molecule has 0 saturated heterocycles. The van der Waals surface area contributed by atoms with Gasteiger partial charge in [0.2, 0.25) is 5.78 Å². The second-order valence-electron chi connectivity index (χ2n) is 6.99. The van der Waals surface area contributed by atoms with Gasteiger partial charge in [0, 0.05) is 24.1 Å². The summed E-state index contributed by atoms with van der Waals surface area (Å²) in [6, 6.07) is 6.75. The molecule has 0 aliphatic rings. The molecule has 1 heterocycles. The summed E-state index contributed by atoms with van der Waals surface area (Å²) in [5.74, 6) is 0.192. The minimum Gasteiger partial charge on any atom is -0.490 e. The zero-order valence-corrected chi connectivity index (χ0v) is 18.6. The third-order valence-electron chi connectivity index (χ3n) is 4.75. The predicted octanol–water partition coefficient (Wildman–Crippen LogP) is 4.15. The summed E-state index contributed by atoms with van der Waals surface area (Å²) in [7, 11) is 1.65. The number of ketones is 1. The fourth-order valence-electron chi connectivity index (χ4n) is 3.52. The van der Waals surface area contributed by atoms with E-state index in [9.17, 15) is 9.59 Å². The van der Waals surface area contributed by atoms with Crippen molar-refractivity contribution in [2.75, 3.05) is 33.5 Å². The fraction of sp³-hybridized carbons (Fsp3) is 0.478. The standard InChI is InChI=1S/C23H31NO6/c1-7-28-21-10-9-18(12-22(21)29-8-2)23(26)30-14-20(25)19-11-15(3)24(17(19)5)16(4)13-27-6/h9-12,16H,7-8,13-14H2,1-6H3/t16-/m0/s1. The third kappa shape index (κ3) is 5.42. The molecule has 30 heavy (non-hydrogen) atoms. The van der Waals surface area contributed by atoms with Crippen LogP contribution in [0, 0.1) is 13.8 Å². The van der Waals surface area contributed by atoms with Gasteiger partial charge in [0.25, 0.3) is 0 Å². The number of nitrogens with zero attached hydrogens (tertiary/aromatic N) is 1. The van der Waals surface area contributed by atoms with E-state index in [1.807, 2.05) is 40.7 Å². The van der Waals surface area contributed by atoms with E-state index >= 15 is 0 Å². The van der Waals surface area contributed by atoms with Crippen molar-refractivity contribution in [2.45, 2.75) is 40.7 Å². The van der Waals surface area contributed by atoms with Gasteiger partial charge in [-0.25, -0.2) is 4.79 Å². The van der Waals surface area contributed by atoms with E-state index in [0.717, 1.165) is 11.4 Å². The van der Waals surface area contributed by atoms with Gasteiger partial charge in [0.1, 0.15) is 0 Å². The normalized spacial score (nSPS) is 11.8. The summed E-state index contributed by atoms with van der Waals surface area (Å²) in [6.45, 7) is 10.7. The van der Waals surface area contributed by atoms with Crippen LogP contribution in [0.1, 0.15) is 58.9 Å². The molecule has 7 nitrogen and oxygen atoms in total. The monoisotopic (exact) mass is 417 g/mol. The van der Waals surface area contributed by atoms with Gasteiger partial charge in [-0.15, -0.1) is 0 Å². The molecule has 0 aliphatic heterocycles. The summed E-state index contributed by atoms with van der Waals surface area (Å²) in [6.07, 6.45) is 0. The maximum atomic E-state index is 12.7. The van der Waals surface area contributed by atoms with Crippen LogP contribution in [-0.2, 0) is 9.47 Å². The van der Waals surface area contributed by atoms with Crippen molar-refractivity contribution in [3.05, 3.63) is 46.8 Å². The average Bonchev–Trinajstić information content (AvgIpc) is 3.02. The van der Waals surface area contributed by atoms with Gasteiger partial charge >= 0.3 is 5.97 Å². The van der Waals surface area contributed by atoms with Gasteiger partial charge in [-0.2, -0.15) is 0 Å². The number of rotatable bonds is 11. The number of aromatic nitrogens is 1. The predicted molar refractivity (Wildman–Crippen MR) is 114 cm³/mol. The Labute approximate surface area is 177 Å². The number of esters is 1. The number of carbonyl (C=O) groups excluding carboxylic acids is 2. The second-order valence-corrected chi connectivity index (χ2v) is 6.99. The number of methoxy groups -OCH3 is 1. The van der Waals surface area contributed by atoms with Crippen LogP contribution in [0.2, 0.25) is 0 Å². The second kappa shape index (κ2) is 10.8. The molecule has 0 fully saturated rings. The van der Waals surface area contributed by atoms with E-state index in [-0.39, 0.29) is 18.4 Å². The maximum Gasteiger partial charge on any atom is 0.338 e. The molecular weight excluding hydrogens is 386 g/mol. The van der Waals surface area contributed by atoms with E-state index in [1.54, 1.807) is 25.3 Å². The highest BCUT2D eigenvalue weighted by Gasteiger charge is 2.20. The number of aryl methyl sites for hydroxylation is 1. The molecular formula is C23H31NO6. The summed E-state index contributed by atoms with van der Waals surface area (Å²) in [5.41, 5.74) is 2.64. The molecule has 0 aliphatic carbocycles. The summed E-state index contributed by atoms with van der Waals surface area (Å²) in [4.78, 5) is 25.2. The lowest BCUT2D eigenvalue weighted by molar-refractivity contribution is 0.0474. The molecule has 1 aromatic carbocycles. The highest BCUT2D eigenvalue weighted by molar-refractivity contribution is 6.00. The SMILES string of the molecule is CCOc1ccc(C(=O)OCC(=O)c2cc(C)n([C@@H](C)COC)c2C)cc1OCC. The van der Waals surface area contributed by atoms with Crippen LogP contribution < -0.4 is 9.47 Å². The minimum atomic E-state index is -0.589. The van der Waals surface area contributed by atoms with Gasteiger partial charge in [0.05, 0.1) is 31.4 Å². The Kier molecular flexibility index (Phi) is 8.47. The molecule has 164 valence electrons. The van der Waals surface area contributed by atoms with Crippen molar-refractivity contribution in [2.24, 2.45) is 0 Å². The van der Waals surface area contributed by atoms with Crippen molar-refractivity contribution in [3.8, 4) is 11.5 Å². The van der Waals surface area contributed by atoms with Crippen LogP contribution in [0.3, 0.4) is 0 Å². The molecule has 0 saturated carbocycles. The molecule has 0 radical (unpaired) electrons. The van der Waals surface area contributed by atoms with E-state index in [4.69, 9.17) is 18.9 Å². The summed E-state index contributed by atoms with van der Waals surface area (Å²) < 4.78 is 23.6. The van der Waals surface area contributed by atoms with Crippen LogP contribution in [0.4, 0.5) is 0 Å². The lowest BCUT2D eigenvalue weighted by Crippen LogP contribution is -2.17. The molecule has 1 aromatic heterocycles. The first-order valence-electron chi connectivity index (χ1n) is 10.1. The quantitative estimate of drug-likeness (QED) is 0.404. The highest BCUT2D eigenvalue weighted by Crippen LogP contribution is 2.29. The number of benzene rings is 1. The highest BCUT2D eigenvalue weighted by atomic mass is 16.5. The van der Waals surface area contributed by atoms with Gasteiger partial charge in [-0.1, -0.05) is 0 Å². The van der Waals surface area contributed by atoms with Gasteiger partial charge in [0.15, 0.2) is 18.1 Å². The van der Waals surface area contributed by atoms with E-state index in [0.29, 0.717) is 42.4 Å². The van der Waals surface area contributed by atoms with E-state index < -0.39 is 5.97 Å².